The number of aromatic nitrogens is 3. The second kappa shape index (κ2) is 41.0. The van der Waals surface area contributed by atoms with Crippen molar-refractivity contribution in [3.8, 4) is 0 Å². The number of hydrogen-bond acceptors (Lipinski definition) is 9. The van der Waals surface area contributed by atoms with Crippen LogP contribution in [0.1, 0.15) is 147 Å². The predicted octanol–water partition coefficient (Wildman–Crippen LogP) is 15.0. The molecule has 2 aliphatic rings. The topological polar surface area (TPSA) is 113 Å². The van der Waals surface area contributed by atoms with E-state index in [1.807, 2.05) is 64.1 Å². The number of hydrogen-bond donors (Lipinski definition) is 0. The van der Waals surface area contributed by atoms with Crippen molar-refractivity contribution in [1.82, 2.24) is 15.0 Å². The summed E-state index contributed by atoms with van der Waals surface area (Å²) in [7, 11) is 4.49. The van der Waals surface area contributed by atoms with E-state index in [1.54, 1.807) is 28.2 Å². The van der Waals surface area contributed by atoms with Crippen LogP contribution < -0.4 is 0 Å². The summed E-state index contributed by atoms with van der Waals surface area (Å²) in [5.41, 5.74) is 11.6. The Labute approximate surface area is 471 Å². The summed E-state index contributed by atoms with van der Waals surface area (Å²) < 4.78 is 0. The Kier molecular flexibility index (Phi) is 44.7. The first-order valence-electron chi connectivity index (χ1n) is 24.4. The van der Waals surface area contributed by atoms with E-state index in [2.05, 4.69) is 141 Å². The second-order valence-corrected chi connectivity index (χ2v) is 36.5. The summed E-state index contributed by atoms with van der Waals surface area (Å²) in [5, 5.41) is 0. The van der Waals surface area contributed by atoms with Crippen molar-refractivity contribution >= 4 is 58.5 Å². The Morgan fingerprint density at radius 2 is 0.549 bits per heavy atom. The van der Waals surface area contributed by atoms with Gasteiger partial charge in [0.1, 0.15) is 0 Å². The van der Waals surface area contributed by atoms with Gasteiger partial charge in [0, 0.05) is 78.5 Å². The molecule has 0 unspecified atom stereocenters. The predicted molar refractivity (Wildman–Crippen MR) is 316 cm³/mol. The molecule has 3 heterocycles. The minimum Gasteiger partial charge on any atom is -0.342 e. The minimum absolute atomic E-state index is 0. The molecule has 2 aliphatic carbocycles. The van der Waals surface area contributed by atoms with E-state index in [4.69, 9.17) is 15.0 Å². The third-order valence-electron chi connectivity index (χ3n) is 9.71. The average Bonchev–Trinajstić information content (AvgIpc) is 3.27. The van der Waals surface area contributed by atoms with Crippen LogP contribution in [0.5, 0.6) is 0 Å². The number of aliphatic imine (C=N–C) groups is 6. The van der Waals surface area contributed by atoms with Crippen LogP contribution in [0.25, 0.3) is 0 Å². The van der Waals surface area contributed by atoms with Crippen molar-refractivity contribution in [3.63, 3.8) is 0 Å². The van der Waals surface area contributed by atoms with Gasteiger partial charge in [-0.15, -0.1) is 24.2 Å². The molecule has 0 amide bonds. The maximum atomic E-state index is 4.94. The average molecular weight is 1160 g/mol. The van der Waals surface area contributed by atoms with Gasteiger partial charge in [0.25, 0.3) is 0 Å². The van der Waals surface area contributed by atoms with E-state index in [1.165, 1.54) is 64.2 Å². The maximum absolute atomic E-state index is 4.94. The molecule has 0 spiro atoms. The smallest absolute Gasteiger partial charge is 0.0845 e. The molecule has 2 saturated carbocycles. The first kappa shape index (κ1) is 77.5. The molecule has 0 N–H and O–H groups in total. The largest absolute Gasteiger partial charge is 0.342 e. The van der Waals surface area contributed by atoms with Crippen LogP contribution in [-0.2, 0) is 50.3 Å². The molecule has 71 heavy (non-hydrogen) atoms. The Morgan fingerprint density at radius 1 is 0.380 bits per heavy atom. The Morgan fingerprint density at radius 3 is 0.718 bits per heavy atom. The van der Waals surface area contributed by atoms with Gasteiger partial charge in [-0.25, -0.2) is 15.0 Å². The van der Waals surface area contributed by atoms with E-state index < -0.39 is 24.2 Å². The second-order valence-electron chi connectivity index (χ2n) is 21.2. The summed E-state index contributed by atoms with van der Waals surface area (Å²) in [6, 6.07) is 19.0. The van der Waals surface area contributed by atoms with Crippen molar-refractivity contribution in [3.05, 3.63) is 108 Å². The van der Waals surface area contributed by atoms with Gasteiger partial charge in [-0.05, 0) is 104 Å². The first-order valence-corrected chi connectivity index (χ1v) is 35.5. The van der Waals surface area contributed by atoms with Gasteiger partial charge in [-0.2, -0.15) is 0 Å². The number of nitrogens with zero attached hydrogens (tertiary/aromatic N) is 9. The van der Waals surface area contributed by atoms with Crippen LogP contribution in [-0.4, -0.2) is 114 Å². The van der Waals surface area contributed by atoms with E-state index in [0.717, 1.165) is 68.4 Å². The first-order chi connectivity index (χ1) is 31.1. The normalized spacial score (nSPS) is 15.1. The van der Waals surface area contributed by atoms with Crippen molar-refractivity contribution in [2.75, 3.05) is 28.2 Å². The van der Waals surface area contributed by atoms with Gasteiger partial charge in [0.15, 0.2) is 0 Å². The summed E-state index contributed by atoms with van der Waals surface area (Å²) in [6.45, 7) is 43.7. The molecule has 0 saturated heterocycles. The molecule has 0 atom stereocenters. The molecular formula is C56H98Co3N9Si3-3. The molecule has 5 rings (SSSR count). The zero-order valence-corrected chi connectivity index (χ0v) is 53.2. The summed E-state index contributed by atoms with van der Waals surface area (Å²) >= 11 is 0. The van der Waals surface area contributed by atoms with Crippen molar-refractivity contribution in [1.29, 1.82) is 0 Å². The van der Waals surface area contributed by atoms with Crippen LogP contribution >= 0.6 is 0 Å². The number of rotatable bonds is 8. The van der Waals surface area contributed by atoms with Crippen molar-refractivity contribution in [2.24, 2.45) is 30.0 Å². The Balaban J connectivity index is -0.000000270. The van der Waals surface area contributed by atoms with Crippen LogP contribution in [0.4, 0.5) is 0 Å². The van der Waals surface area contributed by atoms with E-state index in [-0.39, 0.29) is 57.8 Å². The Hall–Kier alpha value is -2.36. The van der Waals surface area contributed by atoms with Crippen LogP contribution in [0.2, 0.25) is 58.9 Å². The van der Waals surface area contributed by atoms with Gasteiger partial charge < -0.3 is 19.6 Å². The fraction of sp³-hybridized carbons (Fsp3) is 0.571. The maximum Gasteiger partial charge on any atom is 0.0845 e. The fourth-order valence-electron chi connectivity index (χ4n) is 6.07. The molecule has 409 valence electrons. The third-order valence-corrected chi connectivity index (χ3v) is 9.71. The number of pyridine rings is 3. The Bertz CT molecular complexity index is 1830. The molecule has 0 aliphatic heterocycles. The summed E-state index contributed by atoms with van der Waals surface area (Å²) in [4.78, 5) is 40.0. The van der Waals surface area contributed by atoms with Gasteiger partial charge in [0.05, 0.1) is 80.5 Å². The molecule has 2 fully saturated rings. The molecule has 0 aromatic carbocycles. The van der Waals surface area contributed by atoms with Gasteiger partial charge in [0.2, 0.25) is 0 Å². The molecule has 15 heteroatoms. The SMILES string of the molecule is C.CC(=NC1CCCCC1)c1cccc(C(C)=NC2CCCCC2)n1.CN=C(C)c1cccc(C(C)=NC)n1.CN=C(C)c1cccc(C(C)=NC)n1.[CH2-][Si](C)(C)C.[CH2-][Si](C)(C)C.[CH2-][Si](C)(C)C.[Co].[Co].[Co]. The quantitative estimate of drug-likeness (QED) is 0.127. The zero-order valence-electron chi connectivity index (χ0n) is 47.1. The van der Waals surface area contributed by atoms with E-state index in [0.29, 0.717) is 12.1 Å². The van der Waals surface area contributed by atoms with Crippen LogP contribution in [0.15, 0.2) is 84.6 Å². The monoisotopic (exact) mass is 1160 g/mol. The van der Waals surface area contributed by atoms with Crippen molar-refractivity contribution < 1.29 is 50.3 Å². The summed E-state index contributed by atoms with van der Waals surface area (Å²) in [5.74, 6) is 0. The van der Waals surface area contributed by atoms with Crippen LogP contribution in [0, 0.1) is 19.6 Å². The van der Waals surface area contributed by atoms with Gasteiger partial charge in [-0.3, -0.25) is 30.0 Å². The molecule has 3 radical (unpaired) electrons. The third kappa shape index (κ3) is 41.7. The summed E-state index contributed by atoms with van der Waals surface area (Å²) in [6.07, 6.45) is 13.0. The van der Waals surface area contributed by atoms with Gasteiger partial charge >= 0.3 is 0 Å². The van der Waals surface area contributed by atoms with Crippen LogP contribution in [0.3, 0.4) is 0 Å². The molecule has 3 aromatic rings. The van der Waals surface area contributed by atoms with Gasteiger partial charge in [-0.1, -0.05) is 123 Å². The molecular weight excluding hydrogens is 1060 g/mol. The molecule has 0 bridgehead atoms. The van der Waals surface area contributed by atoms with Crippen molar-refractivity contribution in [2.45, 2.75) is 184 Å². The zero-order chi connectivity index (χ0) is 51.4. The minimum atomic E-state index is -0.861. The fourth-order valence-corrected chi connectivity index (χ4v) is 6.07. The van der Waals surface area contributed by atoms with E-state index >= 15 is 0 Å². The standard InChI is InChI=1S/C21H31N3.2C11H15N3.3C4H11Si.CH4.3Co/c1-16(22-18-10-5-3-6-11-18)20-14-9-15-21(24-20)17(2)23-19-12-7-4-8-13-19;2*1-8(12-3)10-6-5-7-11(14-10)9(2)13-4;3*1-5(2,3)4;;;;/h9,14-15,18-19H,3-8,10-13H2,1-2H3;2*5-7H,1-4H3;3*1H2,2-4H3;1H4;;;/q;;;3*-1;;;;. The molecule has 3 aromatic heterocycles. The van der Waals surface area contributed by atoms with E-state index in [9.17, 15) is 0 Å². The molecule has 9 nitrogen and oxygen atoms in total.